The summed E-state index contributed by atoms with van der Waals surface area (Å²) >= 11 is 0. The Morgan fingerprint density at radius 3 is 2.63 bits per heavy atom. The number of nitrogens with zero attached hydrogens (tertiary/aromatic N) is 2. The van der Waals surface area contributed by atoms with Crippen molar-refractivity contribution in [3.8, 4) is 0 Å². The highest BCUT2D eigenvalue weighted by molar-refractivity contribution is 6.13. The molecule has 0 fully saturated rings. The molecule has 1 amide bonds. The van der Waals surface area contributed by atoms with E-state index in [1.54, 1.807) is 6.08 Å². The molecule has 0 saturated carbocycles. The van der Waals surface area contributed by atoms with Crippen molar-refractivity contribution in [3.05, 3.63) is 112 Å². The summed E-state index contributed by atoms with van der Waals surface area (Å²) in [6.07, 6.45) is 5.14. The van der Waals surface area contributed by atoms with Crippen LogP contribution in [0.2, 0.25) is 0 Å². The standard InChI is InChI=1S/C30H25N3O2/c1-18-9-10-20-15-25(18)28-12-11-23(34)17-22(31-28)14-19-5-4-6-21(13-19)30(35)33-29-26(16-20)24-7-2-3-8-27(24)32-29/h2-13,15,22,26H,14,16-17H2,1H3,(H,32,33,35). The molecule has 0 spiro atoms. The van der Waals surface area contributed by atoms with Crippen molar-refractivity contribution in [1.82, 2.24) is 5.32 Å². The second-order valence-corrected chi connectivity index (χ2v) is 9.49. The number of ketones is 1. The molecule has 35 heavy (non-hydrogen) atoms. The Bertz CT molecular complexity index is 1460. The van der Waals surface area contributed by atoms with Crippen LogP contribution in [0.3, 0.4) is 0 Å². The molecule has 0 radical (unpaired) electrons. The molecule has 2 unspecified atom stereocenters. The molecule has 3 aliphatic heterocycles. The van der Waals surface area contributed by atoms with Crippen LogP contribution in [0.1, 0.15) is 50.5 Å². The van der Waals surface area contributed by atoms with Crippen molar-refractivity contribution in [2.75, 3.05) is 0 Å². The maximum absolute atomic E-state index is 13.3. The minimum atomic E-state index is -0.186. The monoisotopic (exact) mass is 459 g/mol. The third kappa shape index (κ3) is 4.14. The normalized spacial score (nSPS) is 20.9. The summed E-state index contributed by atoms with van der Waals surface area (Å²) in [6, 6.07) is 21.9. The Kier molecular flexibility index (Phi) is 5.25. The Morgan fingerprint density at radius 1 is 0.857 bits per heavy atom. The first kappa shape index (κ1) is 21.4. The summed E-state index contributed by atoms with van der Waals surface area (Å²) in [6.45, 7) is 2.08. The van der Waals surface area contributed by atoms with Gasteiger partial charge in [0.25, 0.3) is 5.91 Å². The van der Waals surface area contributed by atoms with Gasteiger partial charge in [-0.2, -0.15) is 0 Å². The zero-order valence-corrected chi connectivity index (χ0v) is 19.5. The van der Waals surface area contributed by atoms with Crippen molar-refractivity contribution in [2.45, 2.75) is 38.1 Å². The molecule has 0 aromatic heterocycles. The highest BCUT2D eigenvalue weighted by Gasteiger charge is 2.29. The van der Waals surface area contributed by atoms with Crippen molar-refractivity contribution < 1.29 is 9.59 Å². The van der Waals surface area contributed by atoms with Gasteiger partial charge in [-0.25, -0.2) is 4.99 Å². The lowest BCUT2D eigenvalue weighted by atomic mass is 9.89. The Labute approximate surface area is 204 Å². The zero-order chi connectivity index (χ0) is 23.9. The number of para-hydroxylation sites is 1. The molecule has 3 aromatic carbocycles. The van der Waals surface area contributed by atoms with Gasteiger partial charge in [0.15, 0.2) is 5.78 Å². The number of rotatable bonds is 0. The van der Waals surface area contributed by atoms with Gasteiger partial charge in [0, 0.05) is 23.5 Å². The number of hydrogen-bond acceptors (Lipinski definition) is 4. The van der Waals surface area contributed by atoms with E-state index in [0.717, 1.165) is 39.2 Å². The summed E-state index contributed by atoms with van der Waals surface area (Å²) in [5.74, 6) is 0.517. The number of amides is 1. The van der Waals surface area contributed by atoms with Crippen molar-refractivity contribution >= 4 is 28.9 Å². The number of aryl methyl sites for hydroxylation is 1. The minimum Gasteiger partial charge on any atom is -0.310 e. The summed E-state index contributed by atoms with van der Waals surface area (Å²) in [5, 5.41) is 3.10. The molecule has 2 atom stereocenters. The van der Waals surface area contributed by atoms with Gasteiger partial charge in [-0.05, 0) is 78.4 Å². The van der Waals surface area contributed by atoms with Crippen molar-refractivity contribution in [3.63, 3.8) is 0 Å². The van der Waals surface area contributed by atoms with Crippen LogP contribution in [-0.2, 0) is 17.6 Å². The van der Waals surface area contributed by atoms with Crippen molar-refractivity contribution in [1.29, 1.82) is 0 Å². The molecule has 3 aliphatic rings. The first-order chi connectivity index (χ1) is 17.0. The zero-order valence-electron chi connectivity index (χ0n) is 19.5. The van der Waals surface area contributed by atoms with Gasteiger partial charge >= 0.3 is 0 Å². The summed E-state index contributed by atoms with van der Waals surface area (Å²) in [5.41, 5.74) is 7.69. The average molecular weight is 460 g/mol. The predicted molar refractivity (Wildman–Crippen MR) is 138 cm³/mol. The second-order valence-electron chi connectivity index (χ2n) is 9.49. The highest BCUT2D eigenvalue weighted by Crippen LogP contribution is 2.37. The molecular weight excluding hydrogens is 434 g/mol. The number of fused-ring (bicyclic) bond motifs is 9. The van der Waals surface area contributed by atoms with E-state index < -0.39 is 0 Å². The maximum atomic E-state index is 13.3. The van der Waals surface area contributed by atoms with Crippen LogP contribution in [0, 0.1) is 6.92 Å². The first-order valence-electron chi connectivity index (χ1n) is 12.0. The van der Waals surface area contributed by atoms with Crippen LogP contribution < -0.4 is 5.32 Å². The highest BCUT2D eigenvalue weighted by atomic mass is 16.1. The number of benzene rings is 3. The quantitative estimate of drug-likeness (QED) is 0.512. The van der Waals surface area contributed by atoms with Crippen LogP contribution in [0.5, 0.6) is 0 Å². The SMILES string of the molecule is Cc1ccc2cc1C1=NC(CC(=O)C=C1)Cc1cccc(c1)C(=O)NC1=Nc3ccccc3C1C2. The number of allylic oxidation sites excluding steroid dienone is 2. The first-order valence-corrected chi connectivity index (χ1v) is 12.0. The third-order valence-corrected chi connectivity index (χ3v) is 6.99. The summed E-state index contributed by atoms with van der Waals surface area (Å²) < 4.78 is 0. The topological polar surface area (TPSA) is 70.9 Å². The fourth-order valence-electron chi connectivity index (χ4n) is 5.20. The molecular formula is C30H25N3O2. The van der Waals surface area contributed by atoms with Crippen LogP contribution in [0.15, 0.2) is 88.9 Å². The fourth-order valence-corrected chi connectivity index (χ4v) is 5.20. The molecule has 6 rings (SSSR count). The molecule has 172 valence electrons. The van der Waals surface area contributed by atoms with E-state index in [2.05, 4.69) is 36.5 Å². The molecule has 5 heteroatoms. The van der Waals surface area contributed by atoms with Gasteiger partial charge in [0.1, 0.15) is 5.84 Å². The van der Waals surface area contributed by atoms with E-state index in [9.17, 15) is 9.59 Å². The maximum Gasteiger partial charge on any atom is 0.256 e. The summed E-state index contributed by atoms with van der Waals surface area (Å²) in [4.78, 5) is 35.6. The number of carbonyl (C=O) groups excluding carboxylic acids is 2. The van der Waals surface area contributed by atoms with E-state index in [0.29, 0.717) is 30.7 Å². The van der Waals surface area contributed by atoms with E-state index in [1.807, 2.05) is 48.5 Å². The number of aliphatic imine (C=N–C) groups is 2. The Hall–Kier alpha value is -4.12. The average Bonchev–Trinajstić information content (AvgIpc) is 3.07. The molecule has 6 bridgehead atoms. The number of carbonyl (C=O) groups is 2. The lowest BCUT2D eigenvalue weighted by molar-refractivity contribution is -0.114. The van der Waals surface area contributed by atoms with Crippen molar-refractivity contribution in [2.24, 2.45) is 9.98 Å². The van der Waals surface area contributed by atoms with E-state index in [-0.39, 0.29) is 23.7 Å². The van der Waals surface area contributed by atoms with Crippen LogP contribution in [-0.4, -0.2) is 29.3 Å². The third-order valence-electron chi connectivity index (χ3n) is 6.99. The smallest absolute Gasteiger partial charge is 0.256 e. The molecule has 1 N–H and O–H groups in total. The second kappa shape index (κ2) is 8.58. The molecule has 3 heterocycles. The Morgan fingerprint density at radius 2 is 1.71 bits per heavy atom. The molecule has 3 aromatic rings. The van der Waals surface area contributed by atoms with Gasteiger partial charge in [0.05, 0.1) is 17.4 Å². The number of amidine groups is 1. The molecule has 5 nitrogen and oxygen atoms in total. The van der Waals surface area contributed by atoms with E-state index >= 15 is 0 Å². The lowest BCUT2D eigenvalue weighted by Crippen LogP contribution is -2.34. The van der Waals surface area contributed by atoms with E-state index in [4.69, 9.17) is 9.98 Å². The number of nitrogens with one attached hydrogen (secondary N) is 1. The van der Waals surface area contributed by atoms with Gasteiger partial charge in [-0.15, -0.1) is 0 Å². The van der Waals surface area contributed by atoms with Gasteiger partial charge in [-0.3, -0.25) is 14.6 Å². The molecule has 0 saturated heterocycles. The molecule has 0 aliphatic carbocycles. The van der Waals surface area contributed by atoms with Gasteiger partial charge < -0.3 is 5.32 Å². The number of hydrogen-bond donors (Lipinski definition) is 1. The van der Waals surface area contributed by atoms with Crippen LogP contribution in [0.4, 0.5) is 5.69 Å². The van der Waals surface area contributed by atoms with Gasteiger partial charge in [-0.1, -0.05) is 42.5 Å². The Balaban J connectivity index is 1.51. The van der Waals surface area contributed by atoms with Crippen LogP contribution in [0.25, 0.3) is 0 Å². The summed E-state index contributed by atoms with van der Waals surface area (Å²) in [7, 11) is 0. The predicted octanol–water partition coefficient (Wildman–Crippen LogP) is 5.04. The minimum absolute atomic E-state index is 0.0556. The van der Waals surface area contributed by atoms with Crippen LogP contribution >= 0.6 is 0 Å². The largest absolute Gasteiger partial charge is 0.310 e. The van der Waals surface area contributed by atoms with Gasteiger partial charge in [0.2, 0.25) is 0 Å². The lowest BCUT2D eigenvalue weighted by Gasteiger charge is -2.17. The fraction of sp³-hybridized carbons (Fsp3) is 0.200. The van der Waals surface area contributed by atoms with E-state index in [1.165, 1.54) is 0 Å².